The van der Waals surface area contributed by atoms with Crippen LogP contribution in [0.2, 0.25) is 5.02 Å². The topological polar surface area (TPSA) is 78.8 Å². The van der Waals surface area contributed by atoms with Gasteiger partial charge in [-0.25, -0.2) is 9.97 Å². The molecule has 6 nitrogen and oxygen atoms in total. The highest BCUT2D eigenvalue weighted by Gasteiger charge is 2.17. The molecule has 3 aromatic rings. The van der Waals surface area contributed by atoms with E-state index in [1.54, 1.807) is 4.57 Å². The van der Waals surface area contributed by atoms with Crippen LogP contribution in [0.15, 0.2) is 24.5 Å². The average Bonchev–Trinajstić information content (AvgIpc) is 2.77. The fourth-order valence-electron chi connectivity index (χ4n) is 2.10. The Morgan fingerprint density at radius 2 is 2.10 bits per heavy atom. The summed E-state index contributed by atoms with van der Waals surface area (Å²) in [6.07, 6.45) is 1.42. The minimum absolute atomic E-state index is 0.309. The molecule has 0 aliphatic carbocycles. The van der Waals surface area contributed by atoms with Crippen LogP contribution in [-0.2, 0) is 0 Å². The van der Waals surface area contributed by atoms with Gasteiger partial charge in [0.1, 0.15) is 6.33 Å². The highest BCUT2D eigenvalue weighted by Crippen LogP contribution is 2.28. The summed E-state index contributed by atoms with van der Waals surface area (Å²) in [6, 6.07) is 5.57. The summed E-state index contributed by atoms with van der Waals surface area (Å²) >= 11 is 6.06. The van der Waals surface area contributed by atoms with Gasteiger partial charge in [-0.15, -0.1) is 0 Å². The molecule has 2 N–H and O–H groups in total. The third-order valence-corrected chi connectivity index (χ3v) is 3.28. The number of ether oxygens (including phenoxy) is 1. The van der Waals surface area contributed by atoms with Crippen molar-refractivity contribution in [3.8, 4) is 11.6 Å². The van der Waals surface area contributed by atoms with Gasteiger partial charge in [0.15, 0.2) is 11.2 Å². The molecule has 0 aliphatic rings. The lowest BCUT2D eigenvalue weighted by molar-refractivity contribution is 0.401. The molecule has 0 saturated carbocycles. The number of nitrogens with zero attached hydrogens (tertiary/aromatic N) is 4. The standard InChI is InChI=1S/C13H12ClN5O/c1-7-3-4-8(14)5-9(7)19-11-10(18-13(19)15)12(20-2)17-6-16-11/h3-6H,1-2H3,(H2,15,18). The summed E-state index contributed by atoms with van der Waals surface area (Å²) in [5.41, 5.74) is 8.96. The van der Waals surface area contributed by atoms with E-state index < -0.39 is 0 Å². The van der Waals surface area contributed by atoms with Gasteiger partial charge in [0.25, 0.3) is 0 Å². The van der Waals surface area contributed by atoms with Gasteiger partial charge >= 0.3 is 0 Å². The number of rotatable bonds is 2. The van der Waals surface area contributed by atoms with Gasteiger partial charge in [-0.05, 0) is 24.6 Å². The second-order valence-corrected chi connectivity index (χ2v) is 4.73. The van der Waals surface area contributed by atoms with Crippen LogP contribution in [0.4, 0.5) is 5.95 Å². The smallest absolute Gasteiger partial charge is 0.245 e. The Balaban J connectivity index is 2.37. The van der Waals surface area contributed by atoms with E-state index in [9.17, 15) is 0 Å². The fourth-order valence-corrected chi connectivity index (χ4v) is 2.27. The summed E-state index contributed by atoms with van der Waals surface area (Å²) in [5.74, 6) is 0.698. The zero-order valence-electron chi connectivity index (χ0n) is 11.0. The molecule has 0 amide bonds. The maximum absolute atomic E-state index is 6.06. The molecule has 0 atom stereocenters. The molecule has 1 aromatic carbocycles. The number of nitrogens with two attached hydrogens (primary N) is 1. The van der Waals surface area contributed by atoms with E-state index in [0.29, 0.717) is 28.0 Å². The summed E-state index contributed by atoms with van der Waals surface area (Å²) in [4.78, 5) is 12.5. The van der Waals surface area contributed by atoms with Crippen LogP contribution in [0.25, 0.3) is 16.9 Å². The number of halogens is 1. The zero-order valence-corrected chi connectivity index (χ0v) is 11.7. The fraction of sp³-hybridized carbons (Fsp3) is 0.154. The molecular formula is C13H12ClN5O. The maximum Gasteiger partial charge on any atom is 0.245 e. The molecule has 102 valence electrons. The van der Waals surface area contributed by atoms with Crippen LogP contribution >= 0.6 is 11.6 Å². The van der Waals surface area contributed by atoms with Crippen molar-refractivity contribution in [1.82, 2.24) is 19.5 Å². The molecule has 0 radical (unpaired) electrons. The third kappa shape index (κ3) is 1.85. The average molecular weight is 290 g/mol. The summed E-state index contributed by atoms with van der Waals surface area (Å²) in [5, 5.41) is 0.618. The number of aromatic nitrogens is 4. The van der Waals surface area contributed by atoms with Gasteiger partial charge < -0.3 is 10.5 Å². The maximum atomic E-state index is 6.06. The van der Waals surface area contributed by atoms with Crippen molar-refractivity contribution in [2.24, 2.45) is 0 Å². The number of aryl methyl sites for hydroxylation is 1. The molecule has 3 rings (SSSR count). The van der Waals surface area contributed by atoms with E-state index in [0.717, 1.165) is 11.3 Å². The molecule has 7 heteroatoms. The van der Waals surface area contributed by atoms with Crippen molar-refractivity contribution in [3.63, 3.8) is 0 Å². The van der Waals surface area contributed by atoms with Crippen molar-refractivity contribution >= 4 is 28.7 Å². The highest BCUT2D eigenvalue weighted by atomic mass is 35.5. The molecule has 2 heterocycles. The van der Waals surface area contributed by atoms with Gasteiger partial charge in [0.2, 0.25) is 11.8 Å². The highest BCUT2D eigenvalue weighted by molar-refractivity contribution is 6.30. The van der Waals surface area contributed by atoms with Gasteiger partial charge in [-0.1, -0.05) is 17.7 Å². The number of imidazole rings is 1. The first kappa shape index (κ1) is 12.7. The van der Waals surface area contributed by atoms with Gasteiger partial charge in [0.05, 0.1) is 12.8 Å². The molecular weight excluding hydrogens is 278 g/mol. The molecule has 0 fully saturated rings. The number of hydrogen-bond acceptors (Lipinski definition) is 5. The van der Waals surface area contributed by atoms with E-state index in [1.807, 2.05) is 25.1 Å². The van der Waals surface area contributed by atoms with Crippen LogP contribution < -0.4 is 10.5 Å². The number of methoxy groups -OCH3 is 1. The number of benzene rings is 1. The van der Waals surface area contributed by atoms with Crippen molar-refractivity contribution in [2.45, 2.75) is 6.92 Å². The van der Waals surface area contributed by atoms with E-state index in [1.165, 1.54) is 13.4 Å². The SMILES string of the molecule is COc1ncnc2c1nc(N)n2-c1cc(Cl)ccc1C. The van der Waals surface area contributed by atoms with Crippen molar-refractivity contribution < 1.29 is 4.74 Å². The van der Waals surface area contributed by atoms with E-state index in [2.05, 4.69) is 15.0 Å². The van der Waals surface area contributed by atoms with Crippen LogP contribution in [0.3, 0.4) is 0 Å². The van der Waals surface area contributed by atoms with Crippen molar-refractivity contribution in [2.75, 3.05) is 12.8 Å². The summed E-state index contributed by atoms with van der Waals surface area (Å²) in [6.45, 7) is 1.97. The molecule has 0 aliphatic heterocycles. The Kier molecular flexibility index (Phi) is 2.94. The predicted molar refractivity (Wildman–Crippen MR) is 77.4 cm³/mol. The molecule has 0 saturated heterocycles. The van der Waals surface area contributed by atoms with Crippen LogP contribution in [0, 0.1) is 6.92 Å². The Bertz CT molecular complexity index is 799. The second kappa shape index (κ2) is 4.64. The minimum Gasteiger partial charge on any atom is -0.479 e. The summed E-state index contributed by atoms with van der Waals surface area (Å²) < 4.78 is 6.91. The van der Waals surface area contributed by atoms with Gasteiger partial charge in [0, 0.05) is 5.02 Å². The number of hydrogen-bond donors (Lipinski definition) is 1. The third-order valence-electron chi connectivity index (χ3n) is 3.04. The Hall–Kier alpha value is -2.34. The first-order chi connectivity index (χ1) is 9.61. The van der Waals surface area contributed by atoms with E-state index in [-0.39, 0.29) is 0 Å². The summed E-state index contributed by atoms with van der Waals surface area (Å²) in [7, 11) is 1.53. The number of nitrogen functional groups attached to an aromatic ring is 1. The quantitative estimate of drug-likeness (QED) is 0.783. The van der Waals surface area contributed by atoms with E-state index in [4.69, 9.17) is 22.1 Å². The lowest BCUT2D eigenvalue weighted by Gasteiger charge is -2.09. The van der Waals surface area contributed by atoms with Crippen molar-refractivity contribution in [1.29, 1.82) is 0 Å². The van der Waals surface area contributed by atoms with Crippen molar-refractivity contribution in [3.05, 3.63) is 35.1 Å². The Morgan fingerprint density at radius 3 is 2.85 bits per heavy atom. The lowest BCUT2D eigenvalue weighted by atomic mass is 10.2. The predicted octanol–water partition coefficient (Wildman–Crippen LogP) is 2.37. The van der Waals surface area contributed by atoms with Crippen LogP contribution in [0.1, 0.15) is 5.56 Å². The largest absolute Gasteiger partial charge is 0.479 e. The monoisotopic (exact) mass is 289 g/mol. The first-order valence-corrected chi connectivity index (χ1v) is 6.29. The van der Waals surface area contributed by atoms with Gasteiger partial charge in [-0.2, -0.15) is 4.98 Å². The molecule has 0 unspecified atom stereocenters. The number of fused-ring (bicyclic) bond motifs is 1. The molecule has 0 spiro atoms. The van der Waals surface area contributed by atoms with E-state index >= 15 is 0 Å². The minimum atomic E-state index is 0.309. The molecule has 2 aromatic heterocycles. The lowest BCUT2D eigenvalue weighted by Crippen LogP contribution is -2.03. The zero-order chi connectivity index (χ0) is 14.3. The second-order valence-electron chi connectivity index (χ2n) is 4.29. The van der Waals surface area contributed by atoms with Crippen LogP contribution in [0.5, 0.6) is 5.88 Å². The molecule has 0 bridgehead atoms. The Labute approximate surface area is 120 Å². The first-order valence-electron chi connectivity index (χ1n) is 5.91. The van der Waals surface area contributed by atoms with Crippen LogP contribution in [-0.4, -0.2) is 26.6 Å². The number of anilines is 1. The normalized spacial score (nSPS) is 10.9. The van der Waals surface area contributed by atoms with Gasteiger partial charge in [-0.3, -0.25) is 4.57 Å². The Morgan fingerprint density at radius 1 is 1.30 bits per heavy atom. The molecule has 20 heavy (non-hydrogen) atoms.